The van der Waals surface area contributed by atoms with E-state index < -0.39 is 0 Å². The van der Waals surface area contributed by atoms with E-state index in [4.69, 9.17) is 13.9 Å². The van der Waals surface area contributed by atoms with Gasteiger partial charge in [-0.05, 0) is 32.0 Å². The molecular weight excluding hydrogens is 260 g/mol. The molecule has 0 radical (unpaired) electrons. The maximum Gasteiger partial charge on any atom is 0.336 e. The lowest BCUT2D eigenvalue weighted by atomic mass is 10.00. The highest BCUT2D eigenvalue weighted by Crippen LogP contribution is 2.40. The van der Waals surface area contributed by atoms with Gasteiger partial charge in [0, 0.05) is 23.4 Å². The normalized spacial score (nSPS) is 19.4. The molecule has 5 heteroatoms. The van der Waals surface area contributed by atoms with Crippen molar-refractivity contribution in [1.29, 1.82) is 0 Å². The summed E-state index contributed by atoms with van der Waals surface area (Å²) in [5, 5.41) is 0.897. The maximum absolute atomic E-state index is 11.4. The number of fused-ring (bicyclic) bond motifs is 1. The third-order valence-corrected chi connectivity index (χ3v) is 3.62. The van der Waals surface area contributed by atoms with Crippen molar-refractivity contribution in [2.75, 3.05) is 7.11 Å². The molecular formula is C15H18O5. The topological polar surface area (TPSA) is 83.5 Å². The Morgan fingerprint density at radius 3 is 2.50 bits per heavy atom. The molecule has 1 aliphatic rings. The molecule has 0 saturated carbocycles. The highest BCUT2D eigenvalue weighted by atomic mass is 16.6. The van der Waals surface area contributed by atoms with Crippen LogP contribution in [-0.4, -0.2) is 24.3 Å². The van der Waals surface area contributed by atoms with Crippen molar-refractivity contribution >= 4 is 11.0 Å². The molecule has 1 aliphatic heterocycles. The summed E-state index contributed by atoms with van der Waals surface area (Å²) in [6, 6.07) is 6.98. The van der Waals surface area contributed by atoms with E-state index >= 15 is 0 Å². The van der Waals surface area contributed by atoms with Gasteiger partial charge in [-0.25, -0.2) is 4.79 Å². The van der Waals surface area contributed by atoms with Crippen LogP contribution in [-0.2, 0) is 11.2 Å². The molecule has 2 N–H and O–H groups in total. The van der Waals surface area contributed by atoms with E-state index in [-0.39, 0.29) is 22.8 Å². The average molecular weight is 278 g/mol. The van der Waals surface area contributed by atoms with Crippen molar-refractivity contribution in [3.8, 4) is 5.75 Å². The van der Waals surface area contributed by atoms with Crippen molar-refractivity contribution in [3.63, 3.8) is 0 Å². The van der Waals surface area contributed by atoms with Crippen molar-refractivity contribution < 1.29 is 19.4 Å². The Hall–Kier alpha value is -1.85. The second-order valence-electron chi connectivity index (χ2n) is 5.33. The predicted molar refractivity (Wildman–Crippen MR) is 75.3 cm³/mol. The molecule has 1 aromatic heterocycles. The first-order valence-corrected chi connectivity index (χ1v) is 6.29. The molecule has 0 spiro atoms. The van der Waals surface area contributed by atoms with Gasteiger partial charge in [-0.1, -0.05) is 0 Å². The molecule has 1 saturated heterocycles. The quantitative estimate of drug-likeness (QED) is 0.632. The minimum atomic E-state index is -0.349. The number of rotatable bonds is 3. The molecule has 3 rings (SSSR count). The highest BCUT2D eigenvalue weighted by Gasteiger charge is 2.48. The van der Waals surface area contributed by atoms with Crippen LogP contribution in [0.25, 0.3) is 11.0 Å². The van der Waals surface area contributed by atoms with Crippen LogP contribution in [0, 0.1) is 0 Å². The number of epoxide rings is 1. The molecule has 20 heavy (non-hydrogen) atoms. The van der Waals surface area contributed by atoms with Gasteiger partial charge in [0.15, 0.2) is 0 Å². The van der Waals surface area contributed by atoms with Crippen molar-refractivity contribution in [1.82, 2.24) is 0 Å². The summed E-state index contributed by atoms with van der Waals surface area (Å²) in [5.74, 6) is 0.730. The fourth-order valence-corrected chi connectivity index (χ4v) is 2.36. The molecule has 1 unspecified atom stereocenters. The van der Waals surface area contributed by atoms with Gasteiger partial charge in [0.05, 0.1) is 18.8 Å². The standard InChI is InChI=1S/C15H16O4.H2O/c1-15(2)12(19-15)8-10-11(17-3)6-4-9-5-7-13(16)18-14(9)10;/h4-7,12H,8H2,1-3H3;1H2. The van der Waals surface area contributed by atoms with Crippen molar-refractivity contribution in [2.45, 2.75) is 32.0 Å². The largest absolute Gasteiger partial charge is 0.496 e. The van der Waals surface area contributed by atoms with Gasteiger partial charge >= 0.3 is 5.63 Å². The van der Waals surface area contributed by atoms with Gasteiger partial charge < -0.3 is 19.4 Å². The molecule has 1 fully saturated rings. The van der Waals surface area contributed by atoms with Crippen LogP contribution in [0.2, 0.25) is 0 Å². The Kier molecular flexibility index (Phi) is 3.58. The fourth-order valence-electron chi connectivity index (χ4n) is 2.36. The summed E-state index contributed by atoms with van der Waals surface area (Å²) in [7, 11) is 1.62. The zero-order chi connectivity index (χ0) is 13.6. The van der Waals surface area contributed by atoms with E-state index in [1.807, 2.05) is 26.0 Å². The monoisotopic (exact) mass is 278 g/mol. The van der Waals surface area contributed by atoms with Crippen molar-refractivity contribution in [2.24, 2.45) is 0 Å². The van der Waals surface area contributed by atoms with E-state index in [2.05, 4.69) is 0 Å². The van der Waals surface area contributed by atoms with E-state index in [1.165, 1.54) is 6.07 Å². The second kappa shape index (κ2) is 4.92. The van der Waals surface area contributed by atoms with Crippen LogP contribution in [0.5, 0.6) is 5.75 Å². The fraction of sp³-hybridized carbons (Fsp3) is 0.400. The van der Waals surface area contributed by atoms with E-state index in [0.29, 0.717) is 12.0 Å². The maximum atomic E-state index is 11.4. The summed E-state index contributed by atoms with van der Waals surface area (Å²) in [4.78, 5) is 11.4. The Balaban J connectivity index is 0.00000147. The zero-order valence-corrected chi connectivity index (χ0v) is 11.7. The first-order valence-electron chi connectivity index (χ1n) is 6.29. The SMILES string of the molecule is COc1ccc2ccc(=O)oc2c1CC1OC1(C)C.O. The Labute approximate surface area is 116 Å². The summed E-state index contributed by atoms with van der Waals surface area (Å²) in [6.45, 7) is 4.09. The summed E-state index contributed by atoms with van der Waals surface area (Å²) in [6.07, 6.45) is 0.818. The minimum Gasteiger partial charge on any atom is -0.496 e. The molecule has 0 amide bonds. The summed E-state index contributed by atoms with van der Waals surface area (Å²) in [5.41, 5.74) is 1.03. The zero-order valence-electron chi connectivity index (χ0n) is 11.7. The van der Waals surface area contributed by atoms with Crippen LogP contribution in [0.1, 0.15) is 19.4 Å². The smallest absolute Gasteiger partial charge is 0.336 e. The van der Waals surface area contributed by atoms with Gasteiger partial charge in [0.1, 0.15) is 11.3 Å². The third kappa shape index (κ3) is 2.42. The number of ether oxygens (including phenoxy) is 2. The van der Waals surface area contributed by atoms with Gasteiger partial charge in [-0.3, -0.25) is 0 Å². The average Bonchev–Trinajstić information content (AvgIpc) is 2.97. The third-order valence-electron chi connectivity index (χ3n) is 3.62. The summed E-state index contributed by atoms with van der Waals surface area (Å²) < 4.78 is 16.3. The molecule has 2 aromatic rings. The van der Waals surface area contributed by atoms with Crippen LogP contribution >= 0.6 is 0 Å². The number of hydrogen-bond donors (Lipinski definition) is 0. The number of methoxy groups -OCH3 is 1. The lowest BCUT2D eigenvalue weighted by Gasteiger charge is -2.10. The van der Waals surface area contributed by atoms with Gasteiger partial charge in [-0.2, -0.15) is 0 Å². The lowest BCUT2D eigenvalue weighted by molar-refractivity contribution is 0.322. The predicted octanol–water partition coefficient (Wildman–Crippen LogP) is 1.70. The lowest BCUT2D eigenvalue weighted by Crippen LogP contribution is -2.08. The molecule has 1 aromatic carbocycles. The van der Waals surface area contributed by atoms with Crippen LogP contribution in [0.3, 0.4) is 0 Å². The van der Waals surface area contributed by atoms with Crippen molar-refractivity contribution in [3.05, 3.63) is 40.2 Å². The molecule has 2 heterocycles. The van der Waals surface area contributed by atoms with Crippen LogP contribution in [0.4, 0.5) is 0 Å². The van der Waals surface area contributed by atoms with E-state index in [0.717, 1.165) is 16.7 Å². The molecule has 0 bridgehead atoms. The second-order valence-corrected chi connectivity index (χ2v) is 5.33. The van der Waals surface area contributed by atoms with Crippen LogP contribution < -0.4 is 10.4 Å². The van der Waals surface area contributed by atoms with Gasteiger partial charge in [-0.15, -0.1) is 0 Å². The Morgan fingerprint density at radius 2 is 1.90 bits per heavy atom. The van der Waals surface area contributed by atoms with Gasteiger partial charge in [0.25, 0.3) is 0 Å². The van der Waals surface area contributed by atoms with Crippen LogP contribution in [0.15, 0.2) is 33.5 Å². The first kappa shape index (κ1) is 14.6. The Bertz CT molecular complexity index is 686. The molecule has 0 aliphatic carbocycles. The minimum absolute atomic E-state index is 0. The van der Waals surface area contributed by atoms with Gasteiger partial charge in [0.2, 0.25) is 0 Å². The molecule has 108 valence electrons. The Morgan fingerprint density at radius 1 is 1.25 bits per heavy atom. The van der Waals surface area contributed by atoms with E-state index in [1.54, 1.807) is 13.2 Å². The summed E-state index contributed by atoms with van der Waals surface area (Å²) >= 11 is 0. The van der Waals surface area contributed by atoms with E-state index in [9.17, 15) is 4.79 Å². The molecule has 1 atom stereocenters. The highest BCUT2D eigenvalue weighted by molar-refractivity contribution is 5.82. The first-order chi connectivity index (χ1) is 9.01. The number of benzene rings is 1. The number of hydrogen-bond acceptors (Lipinski definition) is 4. The molecule has 5 nitrogen and oxygen atoms in total.